The lowest BCUT2D eigenvalue weighted by molar-refractivity contribution is -0.130. The van der Waals surface area contributed by atoms with Gasteiger partial charge in [0.05, 0.1) is 6.54 Å². The Hall–Kier alpha value is -2.37. The number of nitrogens with zero attached hydrogens (tertiary/aromatic N) is 1. The molecule has 0 saturated carbocycles. The molecule has 3 rings (SSSR count). The van der Waals surface area contributed by atoms with Gasteiger partial charge in [0, 0.05) is 21.2 Å². The van der Waals surface area contributed by atoms with Crippen molar-refractivity contribution in [1.29, 1.82) is 0 Å². The Morgan fingerprint density at radius 3 is 2.24 bits per heavy atom. The fourth-order valence-corrected chi connectivity index (χ4v) is 3.91. The third-order valence-electron chi connectivity index (χ3n) is 5.12. The highest BCUT2D eigenvalue weighted by Gasteiger charge is 2.50. The third kappa shape index (κ3) is 4.02. The van der Waals surface area contributed by atoms with Crippen LogP contribution >= 0.6 is 23.2 Å². The van der Waals surface area contributed by atoms with Crippen molar-refractivity contribution < 1.29 is 14.4 Å². The molecular formula is C22H22Cl2N2O3. The van der Waals surface area contributed by atoms with Gasteiger partial charge in [-0.1, -0.05) is 74.3 Å². The number of imide groups is 1. The second-order valence-electron chi connectivity index (χ2n) is 8.32. The maximum absolute atomic E-state index is 13.0. The molecule has 1 atom stereocenters. The fourth-order valence-electron chi connectivity index (χ4n) is 3.31. The predicted molar refractivity (Wildman–Crippen MR) is 114 cm³/mol. The van der Waals surface area contributed by atoms with Crippen molar-refractivity contribution in [2.75, 3.05) is 6.54 Å². The number of Topliss-reactive ketones (excluding diaryl/α,β-unsaturated/α-hetero) is 1. The van der Waals surface area contributed by atoms with Gasteiger partial charge in [-0.15, -0.1) is 0 Å². The van der Waals surface area contributed by atoms with E-state index in [4.69, 9.17) is 23.2 Å². The highest BCUT2D eigenvalue weighted by atomic mass is 35.5. The van der Waals surface area contributed by atoms with E-state index in [1.165, 1.54) is 6.07 Å². The summed E-state index contributed by atoms with van der Waals surface area (Å²) in [7, 11) is 0. The number of urea groups is 1. The van der Waals surface area contributed by atoms with Crippen LogP contribution in [0.15, 0.2) is 42.5 Å². The van der Waals surface area contributed by atoms with E-state index in [9.17, 15) is 14.4 Å². The molecule has 7 heteroatoms. The lowest BCUT2D eigenvalue weighted by Gasteiger charge is -2.23. The number of carbonyl (C=O) groups excluding carboxylic acids is 3. The molecule has 29 heavy (non-hydrogen) atoms. The predicted octanol–water partition coefficient (Wildman–Crippen LogP) is 4.94. The quantitative estimate of drug-likeness (QED) is 0.549. The topological polar surface area (TPSA) is 66.5 Å². The largest absolute Gasteiger partial charge is 0.325 e. The van der Waals surface area contributed by atoms with Crippen molar-refractivity contribution in [2.45, 2.75) is 38.6 Å². The Labute approximate surface area is 180 Å². The van der Waals surface area contributed by atoms with Crippen molar-refractivity contribution in [3.63, 3.8) is 0 Å². The zero-order valence-corrected chi connectivity index (χ0v) is 18.2. The van der Waals surface area contributed by atoms with Crippen molar-refractivity contribution in [1.82, 2.24) is 10.2 Å². The van der Waals surface area contributed by atoms with E-state index in [1.807, 2.05) is 12.1 Å². The SMILES string of the molecule is CC(C)(C)c1ccc(C(=O)CN2C(=O)NC(C)(c3ccc(Cl)cc3Cl)C2=O)cc1. The standard InChI is InChI=1S/C22H22Cl2N2O3/c1-21(2,3)14-7-5-13(6-8-14)18(27)12-26-19(28)22(4,25-20(26)29)16-10-9-15(23)11-17(16)24/h5-11H,12H2,1-4H3,(H,25,29). The minimum Gasteiger partial charge on any atom is -0.319 e. The van der Waals surface area contributed by atoms with Crippen LogP contribution in [0, 0.1) is 0 Å². The fraction of sp³-hybridized carbons (Fsp3) is 0.318. The van der Waals surface area contributed by atoms with Gasteiger partial charge < -0.3 is 5.32 Å². The van der Waals surface area contributed by atoms with E-state index in [1.54, 1.807) is 31.2 Å². The summed E-state index contributed by atoms with van der Waals surface area (Å²) in [6.07, 6.45) is 0. The van der Waals surface area contributed by atoms with Gasteiger partial charge in [-0.05, 0) is 30.0 Å². The lowest BCUT2D eigenvalue weighted by atomic mass is 9.86. The Morgan fingerprint density at radius 2 is 1.69 bits per heavy atom. The highest BCUT2D eigenvalue weighted by Crippen LogP contribution is 2.35. The molecule has 152 valence electrons. The maximum Gasteiger partial charge on any atom is 0.325 e. The van der Waals surface area contributed by atoms with Crippen LogP contribution in [0.4, 0.5) is 4.79 Å². The van der Waals surface area contributed by atoms with E-state index >= 15 is 0 Å². The average molecular weight is 433 g/mol. The lowest BCUT2D eigenvalue weighted by Crippen LogP contribution is -2.41. The highest BCUT2D eigenvalue weighted by molar-refractivity contribution is 6.35. The van der Waals surface area contributed by atoms with Crippen molar-refractivity contribution in [3.8, 4) is 0 Å². The third-order valence-corrected chi connectivity index (χ3v) is 5.67. The molecule has 1 aliphatic rings. The molecule has 1 saturated heterocycles. The molecule has 2 aromatic rings. The van der Waals surface area contributed by atoms with Gasteiger partial charge in [0.2, 0.25) is 0 Å². The summed E-state index contributed by atoms with van der Waals surface area (Å²) in [5.41, 5.74) is 0.554. The molecule has 0 aromatic heterocycles. The van der Waals surface area contributed by atoms with E-state index in [0.29, 0.717) is 16.1 Å². The van der Waals surface area contributed by atoms with Crippen LogP contribution in [-0.4, -0.2) is 29.2 Å². The van der Waals surface area contributed by atoms with Crippen LogP contribution in [-0.2, 0) is 15.7 Å². The minimum atomic E-state index is -1.37. The Morgan fingerprint density at radius 1 is 1.07 bits per heavy atom. The average Bonchev–Trinajstić information content (AvgIpc) is 2.84. The molecule has 1 N–H and O–H groups in total. The van der Waals surface area contributed by atoms with Gasteiger partial charge >= 0.3 is 6.03 Å². The molecule has 1 unspecified atom stereocenters. The van der Waals surface area contributed by atoms with Crippen LogP contribution in [0.2, 0.25) is 10.0 Å². The number of benzene rings is 2. The van der Waals surface area contributed by atoms with Crippen molar-refractivity contribution in [2.24, 2.45) is 0 Å². The second-order valence-corrected chi connectivity index (χ2v) is 9.16. The van der Waals surface area contributed by atoms with Crippen LogP contribution < -0.4 is 5.32 Å². The van der Waals surface area contributed by atoms with Crippen LogP contribution in [0.5, 0.6) is 0 Å². The van der Waals surface area contributed by atoms with E-state index in [2.05, 4.69) is 26.1 Å². The molecule has 2 aromatic carbocycles. The Kier molecular flexibility index (Phi) is 5.50. The monoisotopic (exact) mass is 432 g/mol. The first-order chi connectivity index (χ1) is 13.4. The molecule has 5 nitrogen and oxygen atoms in total. The normalized spacial score (nSPS) is 19.4. The summed E-state index contributed by atoms with van der Waals surface area (Å²) < 4.78 is 0. The molecule has 1 heterocycles. The summed E-state index contributed by atoms with van der Waals surface area (Å²) in [5, 5.41) is 3.33. The summed E-state index contributed by atoms with van der Waals surface area (Å²) in [4.78, 5) is 39.1. The number of ketones is 1. The van der Waals surface area contributed by atoms with Crippen LogP contribution in [0.1, 0.15) is 49.2 Å². The van der Waals surface area contributed by atoms with Gasteiger partial charge in [0.25, 0.3) is 5.91 Å². The maximum atomic E-state index is 13.0. The molecule has 3 amide bonds. The van der Waals surface area contributed by atoms with E-state index in [-0.39, 0.29) is 22.8 Å². The second kappa shape index (κ2) is 7.47. The number of hydrogen-bond acceptors (Lipinski definition) is 3. The summed E-state index contributed by atoms with van der Waals surface area (Å²) in [5.74, 6) is -0.855. The van der Waals surface area contributed by atoms with E-state index < -0.39 is 17.5 Å². The van der Waals surface area contributed by atoms with E-state index in [0.717, 1.165) is 10.5 Å². The van der Waals surface area contributed by atoms with Gasteiger partial charge in [-0.2, -0.15) is 0 Å². The van der Waals surface area contributed by atoms with Crippen molar-refractivity contribution in [3.05, 3.63) is 69.2 Å². The molecular weight excluding hydrogens is 411 g/mol. The molecule has 0 spiro atoms. The number of nitrogens with one attached hydrogen (secondary N) is 1. The molecule has 1 aliphatic heterocycles. The van der Waals surface area contributed by atoms with Crippen molar-refractivity contribution >= 4 is 40.9 Å². The molecule has 0 bridgehead atoms. The Bertz CT molecular complexity index is 996. The zero-order valence-electron chi connectivity index (χ0n) is 16.7. The molecule has 0 radical (unpaired) electrons. The zero-order chi connectivity index (χ0) is 21.6. The number of carbonyl (C=O) groups is 3. The van der Waals surface area contributed by atoms with Crippen LogP contribution in [0.3, 0.4) is 0 Å². The summed E-state index contributed by atoms with van der Waals surface area (Å²) >= 11 is 12.2. The smallest absolute Gasteiger partial charge is 0.319 e. The first kappa shape index (κ1) is 21.3. The van der Waals surface area contributed by atoms with Gasteiger partial charge in [0.15, 0.2) is 5.78 Å². The first-order valence-corrected chi connectivity index (χ1v) is 9.92. The molecule has 0 aliphatic carbocycles. The minimum absolute atomic E-state index is 0.0357. The van der Waals surface area contributed by atoms with Crippen LogP contribution in [0.25, 0.3) is 0 Å². The Balaban J connectivity index is 1.82. The number of amides is 3. The number of hydrogen-bond donors (Lipinski definition) is 1. The summed E-state index contributed by atoms with van der Waals surface area (Å²) in [6, 6.07) is 11.3. The number of rotatable bonds is 4. The first-order valence-electron chi connectivity index (χ1n) is 9.17. The summed E-state index contributed by atoms with van der Waals surface area (Å²) in [6.45, 7) is 7.46. The number of halogens is 2. The van der Waals surface area contributed by atoms with Gasteiger partial charge in [-0.25, -0.2) is 4.79 Å². The van der Waals surface area contributed by atoms with Gasteiger partial charge in [-0.3, -0.25) is 14.5 Å². The molecule has 1 fully saturated rings. The van der Waals surface area contributed by atoms with Gasteiger partial charge in [0.1, 0.15) is 5.54 Å².